The van der Waals surface area contributed by atoms with E-state index in [2.05, 4.69) is 22.2 Å². The zero-order valence-corrected chi connectivity index (χ0v) is 12.1. The maximum absolute atomic E-state index is 12.3. The molecule has 20 heavy (non-hydrogen) atoms. The van der Waals surface area contributed by atoms with Crippen LogP contribution in [0.2, 0.25) is 0 Å². The minimum absolute atomic E-state index is 0.0774. The molecule has 110 valence electrons. The van der Waals surface area contributed by atoms with Gasteiger partial charge < -0.3 is 15.0 Å². The fourth-order valence-corrected chi connectivity index (χ4v) is 2.20. The molecule has 1 aromatic heterocycles. The molecule has 1 amide bonds. The highest BCUT2D eigenvalue weighted by atomic mass is 16.5. The molecule has 0 atom stereocenters. The summed E-state index contributed by atoms with van der Waals surface area (Å²) >= 11 is 0. The fraction of sp³-hybridized carbons (Fsp3) is 0.643. The minimum Gasteiger partial charge on any atom is -0.381 e. The molecule has 0 spiro atoms. The molecular weight excluding hydrogens is 256 g/mol. The molecule has 0 aliphatic carbocycles. The number of hydrogen-bond acceptors (Lipinski definition) is 5. The maximum atomic E-state index is 12.3. The second-order valence-electron chi connectivity index (χ2n) is 4.97. The molecular formula is C14H22N4O2. The number of nitrogens with zero attached hydrogens (tertiary/aromatic N) is 3. The van der Waals surface area contributed by atoms with Gasteiger partial charge in [-0.3, -0.25) is 4.79 Å². The molecule has 0 saturated carbocycles. The number of rotatable bonds is 5. The summed E-state index contributed by atoms with van der Waals surface area (Å²) in [6, 6.07) is 0.232. The standard InChI is InChI=1S/C14H22N4O2/c1-3-6-15-13-10-16-12(9-17-13)14(19)18(2)11-4-7-20-8-5-11/h9-11H,3-8H2,1-2H3,(H,15,17). The number of amides is 1. The smallest absolute Gasteiger partial charge is 0.274 e. The normalized spacial score (nSPS) is 15.9. The first-order chi connectivity index (χ1) is 9.72. The summed E-state index contributed by atoms with van der Waals surface area (Å²) in [5.41, 5.74) is 0.390. The Morgan fingerprint density at radius 1 is 1.40 bits per heavy atom. The van der Waals surface area contributed by atoms with E-state index in [0.717, 1.165) is 25.8 Å². The molecule has 1 saturated heterocycles. The predicted octanol–water partition coefficient (Wildman–Crippen LogP) is 1.55. The minimum atomic E-state index is -0.0774. The van der Waals surface area contributed by atoms with Gasteiger partial charge in [0.05, 0.1) is 12.4 Å². The van der Waals surface area contributed by atoms with E-state index in [9.17, 15) is 4.79 Å². The molecule has 0 unspecified atom stereocenters. The summed E-state index contributed by atoms with van der Waals surface area (Å²) in [4.78, 5) is 22.5. The topological polar surface area (TPSA) is 67.4 Å². The molecule has 1 aliphatic rings. The lowest BCUT2D eigenvalue weighted by Gasteiger charge is -2.30. The number of aromatic nitrogens is 2. The van der Waals surface area contributed by atoms with E-state index in [-0.39, 0.29) is 11.9 Å². The lowest BCUT2D eigenvalue weighted by atomic mass is 10.1. The molecule has 0 radical (unpaired) electrons. The van der Waals surface area contributed by atoms with Crippen LogP contribution in [0.5, 0.6) is 0 Å². The Hall–Kier alpha value is -1.69. The first-order valence-corrected chi connectivity index (χ1v) is 7.13. The van der Waals surface area contributed by atoms with Crippen LogP contribution in [0.4, 0.5) is 5.82 Å². The van der Waals surface area contributed by atoms with Gasteiger partial charge in [-0.1, -0.05) is 6.92 Å². The van der Waals surface area contributed by atoms with E-state index in [1.807, 2.05) is 7.05 Å². The fourth-order valence-electron chi connectivity index (χ4n) is 2.20. The Kier molecular flexibility index (Phi) is 5.29. The van der Waals surface area contributed by atoms with Crippen LogP contribution in [-0.2, 0) is 4.74 Å². The van der Waals surface area contributed by atoms with Crippen molar-refractivity contribution in [3.05, 3.63) is 18.1 Å². The van der Waals surface area contributed by atoms with Gasteiger partial charge in [-0.2, -0.15) is 0 Å². The maximum Gasteiger partial charge on any atom is 0.274 e. The third-order valence-electron chi connectivity index (χ3n) is 3.49. The summed E-state index contributed by atoms with van der Waals surface area (Å²) in [7, 11) is 1.82. The Morgan fingerprint density at radius 2 is 2.15 bits per heavy atom. The van der Waals surface area contributed by atoms with Crippen LogP contribution in [-0.4, -0.2) is 53.6 Å². The van der Waals surface area contributed by atoms with Crippen LogP contribution in [0.3, 0.4) is 0 Å². The van der Waals surface area contributed by atoms with Crippen LogP contribution in [0.15, 0.2) is 12.4 Å². The molecule has 6 heteroatoms. The Balaban J connectivity index is 1.97. The van der Waals surface area contributed by atoms with E-state index in [1.165, 1.54) is 6.20 Å². The Bertz CT molecular complexity index is 429. The number of carbonyl (C=O) groups excluding carboxylic acids is 1. The Morgan fingerprint density at radius 3 is 2.75 bits per heavy atom. The second-order valence-corrected chi connectivity index (χ2v) is 4.97. The van der Waals surface area contributed by atoms with Crippen molar-refractivity contribution in [2.24, 2.45) is 0 Å². The zero-order chi connectivity index (χ0) is 14.4. The zero-order valence-electron chi connectivity index (χ0n) is 12.1. The Labute approximate surface area is 119 Å². The van der Waals surface area contributed by atoms with Gasteiger partial charge in [-0.25, -0.2) is 9.97 Å². The molecule has 1 aliphatic heterocycles. The highest BCUT2D eigenvalue weighted by Gasteiger charge is 2.24. The van der Waals surface area contributed by atoms with E-state index in [1.54, 1.807) is 11.1 Å². The van der Waals surface area contributed by atoms with Crippen molar-refractivity contribution >= 4 is 11.7 Å². The monoisotopic (exact) mass is 278 g/mol. The highest BCUT2D eigenvalue weighted by Crippen LogP contribution is 2.15. The van der Waals surface area contributed by atoms with Gasteiger partial charge in [-0.05, 0) is 19.3 Å². The molecule has 2 rings (SSSR count). The second kappa shape index (κ2) is 7.19. The summed E-state index contributed by atoms with van der Waals surface area (Å²) in [5.74, 6) is 0.628. The molecule has 0 aromatic carbocycles. The summed E-state index contributed by atoms with van der Waals surface area (Å²) in [6.07, 6.45) is 5.93. The van der Waals surface area contributed by atoms with E-state index in [4.69, 9.17) is 4.74 Å². The van der Waals surface area contributed by atoms with E-state index in [0.29, 0.717) is 24.7 Å². The summed E-state index contributed by atoms with van der Waals surface area (Å²) in [6.45, 7) is 4.37. The lowest BCUT2D eigenvalue weighted by Crippen LogP contribution is -2.41. The van der Waals surface area contributed by atoms with Crippen LogP contribution in [0, 0.1) is 0 Å². The van der Waals surface area contributed by atoms with Gasteiger partial charge in [0.25, 0.3) is 5.91 Å². The summed E-state index contributed by atoms with van der Waals surface area (Å²) < 4.78 is 5.31. The number of ether oxygens (including phenoxy) is 1. The van der Waals surface area contributed by atoms with Gasteiger partial charge in [0.2, 0.25) is 0 Å². The number of nitrogens with one attached hydrogen (secondary N) is 1. The van der Waals surface area contributed by atoms with E-state index < -0.39 is 0 Å². The molecule has 2 heterocycles. The quantitative estimate of drug-likeness (QED) is 0.885. The van der Waals surface area contributed by atoms with Crippen LogP contribution >= 0.6 is 0 Å². The third kappa shape index (κ3) is 3.66. The van der Waals surface area contributed by atoms with Gasteiger partial charge >= 0.3 is 0 Å². The van der Waals surface area contributed by atoms with Crippen molar-refractivity contribution in [3.63, 3.8) is 0 Å². The van der Waals surface area contributed by atoms with Crippen molar-refractivity contribution in [2.45, 2.75) is 32.2 Å². The molecule has 1 aromatic rings. The molecule has 6 nitrogen and oxygen atoms in total. The van der Waals surface area contributed by atoms with Crippen molar-refractivity contribution in [1.82, 2.24) is 14.9 Å². The van der Waals surface area contributed by atoms with Crippen LogP contribution in [0.1, 0.15) is 36.7 Å². The highest BCUT2D eigenvalue weighted by molar-refractivity contribution is 5.92. The van der Waals surface area contributed by atoms with Gasteiger partial charge in [0.1, 0.15) is 11.5 Å². The lowest BCUT2D eigenvalue weighted by molar-refractivity contribution is 0.0358. The average molecular weight is 278 g/mol. The predicted molar refractivity (Wildman–Crippen MR) is 76.7 cm³/mol. The summed E-state index contributed by atoms with van der Waals surface area (Å²) in [5, 5.41) is 3.14. The number of hydrogen-bond donors (Lipinski definition) is 1. The van der Waals surface area contributed by atoms with Gasteiger partial charge in [0, 0.05) is 32.8 Å². The van der Waals surface area contributed by atoms with Crippen LogP contribution < -0.4 is 5.32 Å². The van der Waals surface area contributed by atoms with Crippen molar-refractivity contribution in [2.75, 3.05) is 32.1 Å². The van der Waals surface area contributed by atoms with E-state index >= 15 is 0 Å². The largest absolute Gasteiger partial charge is 0.381 e. The van der Waals surface area contributed by atoms with Gasteiger partial charge in [0.15, 0.2) is 0 Å². The van der Waals surface area contributed by atoms with Crippen molar-refractivity contribution in [3.8, 4) is 0 Å². The van der Waals surface area contributed by atoms with Crippen molar-refractivity contribution < 1.29 is 9.53 Å². The molecule has 0 bridgehead atoms. The SMILES string of the molecule is CCCNc1cnc(C(=O)N(C)C2CCOCC2)cn1. The first kappa shape index (κ1) is 14.7. The molecule has 1 fully saturated rings. The van der Waals surface area contributed by atoms with Crippen molar-refractivity contribution in [1.29, 1.82) is 0 Å². The number of carbonyl (C=O) groups is 1. The van der Waals surface area contributed by atoms with Gasteiger partial charge in [-0.15, -0.1) is 0 Å². The molecule has 1 N–H and O–H groups in total. The first-order valence-electron chi connectivity index (χ1n) is 7.13. The average Bonchev–Trinajstić information content (AvgIpc) is 2.53. The third-order valence-corrected chi connectivity index (χ3v) is 3.49. The van der Waals surface area contributed by atoms with Crippen LogP contribution in [0.25, 0.3) is 0 Å². The number of anilines is 1.